The molecule has 1 N–H and O–H groups in total. The molecule has 2 aliphatic heterocycles. The predicted octanol–water partition coefficient (Wildman–Crippen LogP) is 1.88. The molecule has 1 fully saturated rings. The second-order valence-electron chi connectivity index (χ2n) is 5.45. The molecule has 2 aliphatic rings. The Bertz CT molecular complexity index is 401. The summed E-state index contributed by atoms with van der Waals surface area (Å²) in [4.78, 5) is 0. The zero-order valence-corrected chi connectivity index (χ0v) is 10.2. The number of hydrogen-bond donors (Lipinski definition) is 1. The molecular weight excluding hydrogens is 214 g/mol. The largest absolute Gasteiger partial charge is 0.380 e. The Kier molecular flexibility index (Phi) is 2.90. The van der Waals surface area contributed by atoms with Gasteiger partial charge in [-0.2, -0.15) is 0 Å². The van der Waals surface area contributed by atoms with Crippen molar-refractivity contribution < 1.29 is 9.47 Å². The molecule has 1 unspecified atom stereocenters. The van der Waals surface area contributed by atoms with E-state index in [1.54, 1.807) is 0 Å². The Balaban J connectivity index is 1.68. The minimum atomic E-state index is 0.312. The lowest BCUT2D eigenvalue weighted by molar-refractivity contribution is -0.101. The predicted molar refractivity (Wildman–Crippen MR) is 65.8 cm³/mol. The van der Waals surface area contributed by atoms with Crippen LogP contribution in [0.3, 0.4) is 0 Å². The quantitative estimate of drug-likeness (QED) is 0.864. The third-order valence-electron chi connectivity index (χ3n) is 3.65. The molecule has 0 aliphatic carbocycles. The van der Waals surface area contributed by atoms with Crippen LogP contribution in [0.1, 0.15) is 24.1 Å². The van der Waals surface area contributed by atoms with E-state index in [4.69, 9.17) is 9.47 Å². The van der Waals surface area contributed by atoms with E-state index in [9.17, 15) is 0 Å². The van der Waals surface area contributed by atoms with Gasteiger partial charge in [-0.05, 0) is 11.1 Å². The van der Waals surface area contributed by atoms with Crippen molar-refractivity contribution >= 4 is 0 Å². The van der Waals surface area contributed by atoms with Crippen molar-refractivity contribution in [2.24, 2.45) is 5.41 Å². The van der Waals surface area contributed by atoms with Crippen molar-refractivity contribution in [3.05, 3.63) is 35.4 Å². The molecule has 2 heterocycles. The highest BCUT2D eigenvalue weighted by molar-refractivity contribution is 5.31. The van der Waals surface area contributed by atoms with Crippen LogP contribution in [0.15, 0.2) is 24.3 Å². The van der Waals surface area contributed by atoms with Crippen molar-refractivity contribution in [2.75, 3.05) is 26.4 Å². The van der Waals surface area contributed by atoms with Gasteiger partial charge < -0.3 is 14.8 Å². The first-order valence-electron chi connectivity index (χ1n) is 6.24. The molecule has 0 radical (unpaired) electrons. The third kappa shape index (κ3) is 2.23. The molecule has 17 heavy (non-hydrogen) atoms. The second kappa shape index (κ2) is 4.41. The lowest BCUT2D eigenvalue weighted by Gasteiger charge is -2.40. The summed E-state index contributed by atoms with van der Waals surface area (Å²) in [6.45, 7) is 6.52. The Morgan fingerprint density at radius 1 is 1.29 bits per heavy atom. The van der Waals surface area contributed by atoms with Gasteiger partial charge in [0, 0.05) is 12.0 Å². The zero-order chi connectivity index (χ0) is 11.7. The first-order chi connectivity index (χ1) is 8.27. The molecule has 0 bridgehead atoms. The fourth-order valence-corrected chi connectivity index (χ4v) is 2.47. The van der Waals surface area contributed by atoms with E-state index in [1.165, 1.54) is 11.1 Å². The van der Waals surface area contributed by atoms with E-state index < -0.39 is 0 Å². The molecule has 0 spiro atoms. The van der Waals surface area contributed by atoms with Crippen LogP contribution in [0, 0.1) is 5.41 Å². The summed E-state index contributed by atoms with van der Waals surface area (Å²) in [5.41, 5.74) is 3.01. The van der Waals surface area contributed by atoms with Crippen molar-refractivity contribution in [3.8, 4) is 0 Å². The molecule has 0 saturated carbocycles. The Labute approximate surface area is 102 Å². The van der Waals surface area contributed by atoms with Gasteiger partial charge in [0.05, 0.1) is 32.5 Å². The molecular formula is C14H19NO2. The standard InChI is InChI=1S/C14H19NO2/c1-14(9-17-10-14)8-15-13-7-16-6-11-4-2-3-5-12(11)13/h2-5,13,15H,6-10H2,1H3. The lowest BCUT2D eigenvalue weighted by Crippen LogP contribution is -2.48. The molecule has 1 aromatic carbocycles. The van der Waals surface area contributed by atoms with Gasteiger partial charge in [-0.15, -0.1) is 0 Å². The molecule has 0 aromatic heterocycles. The SMILES string of the molecule is CC1(CNC2COCc3ccccc32)COC1. The van der Waals surface area contributed by atoms with Gasteiger partial charge in [0.15, 0.2) is 0 Å². The maximum atomic E-state index is 5.63. The fraction of sp³-hybridized carbons (Fsp3) is 0.571. The molecule has 1 atom stereocenters. The first kappa shape index (κ1) is 11.2. The summed E-state index contributed by atoms with van der Waals surface area (Å²) in [6, 6.07) is 8.86. The van der Waals surface area contributed by atoms with E-state index in [0.29, 0.717) is 11.5 Å². The van der Waals surface area contributed by atoms with E-state index in [2.05, 4.69) is 36.5 Å². The normalized spacial score (nSPS) is 26.1. The number of hydrogen-bond acceptors (Lipinski definition) is 3. The average molecular weight is 233 g/mol. The van der Waals surface area contributed by atoms with Crippen LogP contribution >= 0.6 is 0 Å². The Morgan fingerprint density at radius 2 is 2.12 bits per heavy atom. The third-order valence-corrected chi connectivity index (χ3v) is 3.65. The van der Waals surface area contributed by atoms with Crippen LogP contribution in [0.2, 0.25) is 0 Å². The molecule has 1 saturated heterocycles. The maximum absolute atomic E-state index is 5.63. The van der Waals surface area contributed by atoms with Crippen LogP contribution in [0.5, 0.6) is 0 Å². The smallest absolute Gasteiger partial charge is 0.0721 e. The summed E-state index contributed by atoms with van der Waals surface area (Å²) in [5.74, 6) is 0. The second-order valence-corrected chi connectivity index (χ2v) is 5.45. The van der Waals surface area contributed by atoms with Gasteiger partial charge in [0.2, 0.25) is 0 Å². The van der Waals surface area contributed by atoms with E-state index >= 15 is 0 Å². The van der Waals surface area contributed by atoms with Gasteiger partial charge in [-0.25, -0.2) is 0 Å². The van der Waals surface area contributed by atoms with Crippen LogP contribution in [-0.4, -0.2) is 26.4 Å². The molecule has 0 amide bonds. The van der Waals surface area contributed by atoms with Crippen LogP contribution in [0.4, 0.5) is 0 Å². The minimum absolute atomic E-state index is 0.312. The number of nitrogens with one attached hydrogen (secondary N) is 1. The fourth-order valence-electron chi connectivity index (χ4n) is 2.47. The highest BCUT2D eigenvalue weighted by atomic mass is 16.5. The minimum Gasteiger partial charge on any atom is -0.380 e. The maximum Gasteiger partial charge on any atom is 0.0721 e. The summed E-state index contributed by atoms with van der Waals surface area (Å²) in [5, 5.41) is 3.62. The van der Waals surface area contributed by atoms with E-state index in [1.807, 2.05) is 0 Å². The van der Waals surface area contributed by atoms with Crippen LogP contribution < -0.4 is 5.32 Å². The molecule has 3 heteroatoms. The first-order valence-corrected chi connectivity index (χ1v) is 6.24. The van der Waals surface area contributed by atoms with Gasteiger partial charge >= 0.3 is 0 Å². The van der Waals surface area contributed by atoms with Gasteiger partial charge in [-0.3, -0.25) is 0 Å². The Hall–Kier alpha value is -0.900. The van der Waals surface area contributed by atoms with Crippen molar-refractivity contribution in [1.29, 1.82) is 0 Å². The lowest BCUT2D eigenvalue weighted by atomic mass is 9.88. The number of rotatable bonds is 3. The summed E-state index contributed by atoms with van der Waals surface area (Å²) in [6.07, 6.45) is 0. The summed E-state index contributed by atoms with van der Waals surface area (Å²) < 4.78 is 10.9. The number of fused-ring (bicyclic) bond motifs is 1. The van der Waals surface area contributed by atoms with Crippen LogP contribution in [-0.2, 0) is 16.1 Å². The molecule has 92 valence electrons. The Morgan fingerprint density at radius 3 is 2.88 bits per heavy atom. The van der Waals surface area contributed by atoms with Gasteiger partial charge in [0.1, 0.15) is 0 Å². The highest BCUT2D eigenvalue weighted by Crippen LogP contribution is 2.29. The summed E-state index contributed by atoms with van der Waals surface area (Å²) in [7, 11) is 0. The van der Waals surface area contributed by atoms with Gasteiger partial charge in [0.25, 0.3) is 0 Å². The molecule has 3 rings (SSSR count). The number of ether oxygens (including phenoxy) is 2. The van der Waals surface area contributed by atoms with Gasteiger partial charge in [-0.1, -0.05) is 31.2 Å². The van der Waals surface area contributed by atoms with E-state index in [-0.39, 0.29) is 0 Å². The molecule has 3 nitrogen and oxygen atoms in total. The zero-order valence-electron chi connectivity index (χ0n) is 10.2. The highest BCUT2D eigenvalue weighted by Gasteiger charge is 2.34. The topological polar surface area (TPSA) is 30.5 Å². The van der Waals surface area contributed by atoms with Crippen LogP contribution in [0.25, 0.3) is 0 Å². The molecule has 1 aromatic rings. The summed E-state index contributed by atoms with van der Waals surface area (Å²) >= 11 is 0. The number of benzene rings is 1. The average Bonchev–Trinajstić information content (AvgIpc) is 2.34. The van der Waals surface area contributed by atoms with Crippen molar-refractivity contribution in [1.82, 2.24) is 5.32 Å². The monoisotopic (exact) mass is 233 g/mol. The van der Waals surface area contributed by atoms with Crippen molar-refractivity contribution in [2.45, 2.75) is 19.6 Å². The van der Waals surface area contributed by atoms with E-state index in [0.717, 1.165) is 33.0 Å². The van der Waals surface area contributed by atoms with Crippen molar-refractivity contribution in [3.63, 3.8) is 0 Å².